The lowest BCUT2D eigenvalue weighted by molar-refractivity contribution is 0.0119. The highest BCUT2D eigenvalue weighted by Crippen LogP contribution is 2.24. The van der Waals surface area contributed by atoms with E-state index in [0.29, 0.717) is 6.04 Å². The van der Waals surface area contributed by atoms with Crippen molar-refractivity contribution in [2.45, 2.75) is 45.2 Å². The highest BCUT2D eigenvalue weighted by atomic mass is 15.3. The molecule has 0 aromatic carbocycles. The predicted octanol–water partition coefficient (Wildman–Crippen LogP) is 1.70. The maximum Gasteiger partial charge on any atom is 0.0666 e. The van der Waals surface area contributed by atoms with Gasteiger partial charge in [-0.3, -0.25) is 9.80 Å². The molecule has 0 N–H and O–H groups in total. The zero-order chi connectivity index (χ0) is 11.5. The summed E-state index contributed by atoms with van der Waals surface area (Å²) in [4.78, 5) is 5.17. The molecule has 0 aliphatic carbocycles. The lowest BCUT2D eigenvalue weighted by atomic mass is 9.96. The summed E-state index contributed by atoms with van der Waals surface area (Å²) >= 11 is 0. The minimum Gasteiger partial charge on any atom is -0.298 e. The Balaban J connectivity index is 1.93. The highest BCUT2D eigenvalue weighted by molar-refractivity contribution is 4.91. The summed E-state index contributed by atoms with van der Waals surface area (Å²) in [7, 11) is 0. The van der Waals surface area contributed by atoms with Crippen LogP contribution in [0.4, 0.5) is 0 Å². The summed E-state index contributed by atoms with van der Waals surface area (Å²) < 4.78 is 0. The number of piperidine rings is 1. The summed E-state index contributed by atoms with van der Waals surface area (Å²) in [6.07, 6.45) is 4.11. The lowest BCUT2D eigenvalue weighted by Crippen LogP contribution is -2.59. The van der Waals surface area contributed by atoms with E-state index in [9.17, 15) is 0 Å². The zero-order valence-electron chi connectivity index (χ0n) is 10.5. The van der Waals surface area contributed by atoms with E-state index in [1.807, 2.05) is 6.92 Å². The molecular formula is C13H23N3. The maximum atomic E-state index is 8.90. The monoisotopic (exact) mass is 221 g/mol. The number of rotatable bonds is 2. The molecule has 0 aromatic heterocycles. The third-order valence-electron chi connectivity index (χ3n) is 4.05. The molecule has 2 saturated heterocycles. The topological polar surface area (TPSA) is 30.3 Å². The van der Waals surface area contributed by atoms with Gasteiger partial charge in [-0.2, -0.15) is 5.26 Å². The Morgan fingerprint density at radius 2 is 2.19 bits per heavy atom. The van der Waals surface area contributed by atoms with Crippen molar-refractivity contribution in [3.05, 3.63) is 0 Å². The van der Waals surface area contributed by atoms with Gasteiger partial charge in [-0.15, -0.1) is 0 Å². The van der Waals surface area contributed by atoms with Crippen LogP contribution in [0.5, 0.6) is 0 Å². The fourth-order valence-corrected chi connectivity index (χ4v) is 3.06. The Bertz CT molecular complexity index is 271. The van der Waals surface area contributed by atoms with Crippen molar-refractivity contribution >= 4 is 0 Å². The second-order valence-corrected chi connectivity index (χ2v) is 5.48. The molecule has 3 atom stereocenters. The third-order valence-corrected chi connectivity index (χ3v) is 4.05. The van der Waals surface area contributed by atoms with Crippen molar-refractivity contribution < 1.29 is 0 Å². The molecule has 0 amide bonds. The van der Waals surface area contributed by atoms with Crippen LogP contribution in [0.1, 0.15) is 33.1 Å². The van der Waals surface area contributed by atoms with Gasteiger partial charge in [0, 0.05) is 31.7 Å². The Labute approximate surface area is 99.0 Å². The molecule has 2 heterocycles. The normalized spacial score (nSPS) is 34.1. The van der Waals surface area contributed by atoms with E-state index in [1.165, 1.54) is 38.9 Å². The van der Waals surface area contributed by atoms with Crippen LogP contribution in [0, 0.1) is 17.2 Å². The molecule has 0 spiro atoms. The smallest absolute Gasteiger partial charge is 0.0666 e. The van der Waals surface area contributed by atoms with Gasteiger partial charge in [0.2, 0.25) is 0 Å². The van der Waals surface area contributed by atoms with Gasteiger partial charge in [0.25, 0.3) is 0 Å². The first-order valence-corrected chi connectivity index (χ1v) is 6.58. The Morgan fingerprint density at radius 3 is 2.94 bits per heavy atom. The van der Waals surface area contributed by atoms with Crippen LogP contribution < -0.4 is 0 Å². The van der Waals surface area contributed by atoms with E-state index in [0.717, 1.165) is 12.6 Å². The van der Waals surface area contributed by atoms with Crippen molar-refractivity contribution in [3.63, 3.8) is 0 Å². The Hall–Kier alpha value is -0.590. The van der Waals surface area contributed by atoms with E-state index in [2.05, 4.69) is 22.8 Å². The second-order valence-electron chi connectivity index (χ2n) is 5.48. The first kappa shape index (κ1) is 11.9. The molecule has 3 unspecified atom stereocenters. The Morgan fingerprint density at radius 1 is 1.38 bits per heavy atom. The molecule has 2 aliphatic rings. The molecule has 2 rings (SSSR count). The number of hydrogen-bond acceptors (Lipinski definition) is 3. The van der Waals surface area contributed by atoms with E-state index in [1.54, 1.807) is 0 Å². The highest BCUT2D eigenvalue weighted by Gasteiger charge is 2.33. The van der Waals surface area contributed by atoms with Crippen molar-refractivity contribution in [2.24, 2.45) is 5.92 Å². The molecule has 0 radical (unpaired) electrons. The van der Waals surface area contributed by atoms with Crippen LogP contribution in [0.15, 0.2) is 0 Å². The molecule has 2 fully saturated rings. The molecule has 3 nitrogen and oxygen atoms in total. The van der Waals surface area contributed by atoms with Crippen molar-refractivity contribution in [2.75, 3.05) is 26.2 Å². The van der Waals surface area contributed by atoms with E-state index >= 15 is 0 Å². The van der Waals surface area contributed by atoms with E-state index in [-0.39, 0.29) is 5.92 Å². The molecule has 90 valence electrons. The summed E-state index contributed by atoms with van der Waals surface area (Å²) in [5, 5.41) is 8.90. The minimum atomic E-state index is 0.164. The SMILES string of the molecule is CC(C#N)CN1CC2CCCCN2CC1C. The summed E-state index contributed by atoms with van der Waals surface area (Å²) in [6.45, 7) is 8.93. The van der Waals surface area contributed by atoms with Crippen molar-refractivity contribution in [1.29, 1.82) is 5.26 Å². The van der Waals surface area contributed by atoms with Gasteiger partial charge in [0.05, 0.1) is 12.0 Å². The quantitative estimate of drug-likeness (QED) is 0.711. The molecule has 3 heteroatoms. The largest absolute Gasteiger partial charge is 0.298 e. The van der Waals surface area contributed by atoms with Crippen molar-refractivity contribution in [1.82, 2.24) is 9.80 Å². The van der Waals surface area contributed by atoms with Crippen LogP contribution in [0.2, 0.25) is 0 Å². The van der Waals surface area contributed by atoms with Crippen LogP contribution in [0.25, 0.3) is 0 Å². The zero-order valence-corrected chi connectivity index (χ0v) is 10.5. The molecular weight excluding hydrogens is 198 g/mol. The third kappa shape index (κ3) is 2.56. The van der Waals surface area contributed by atoms with Gasteiger partial charge in [0.15, 0.2) is 0 Å². The van der Waals surface area contributed by atoms with Crippen LogP contribution in [0.3, 0.4) is 0 Å². The van der Waals surface area contributed by atoms with Gasteiger partial charge in [0.1, 0.15) is 0 Å². The molecule has 16 heavy (non-hydrogen) atoms. The summed E-state index contributed by atoms with van der Waals surface area (Å²) in [6, 6.07) is 3.73. The minimum absolute atomic E-state index is 0.164. The number of nitrogens with zero attached hydrogens (tertiary/aromatic N) is 3. The standard InChI is InChI=1S/C13H23N3/c1-11(7-14)8-16-10-13-5-3-4-6-15(13)9-12(16)2/h11-13H,3-6,8-10H2,1-2H3. The van der Waals surface area contributed by atoms with Crippen molar-refractivity contribution in [3.8, 4) is 6.07 Å². The van der Waals surface area contributed by atoms with Gasteiger partial charge in [-0.25, -0.2) is 0 Å². The second kappa shape index (κ2) is 5.16. The summed E-state index contributed by atoms with van der Waals surface area (Å²) in [5.41, 5.74) is 0. The number of hydrogen-bond donors (Lipinski definition) is 0. The average Bonchev–Trinajstić information content (AvgIpc) is 2.30. The lowest BCUT2D eigenvalue weighted by Gasteiger charge is -2.47. The molecule has 0 aromatic rings. The molecule has 2 aliphatic heterocycles. The van der Waals surface area contributed by atoms with Gasteiger partial charge in [-0.1, -0.05) is 6.42 Å². The van der Waals surface area contributed by atoms with Crippen LogP contribution >= 0.6 is 0 Å². The maximum absolute atomic E-state index is 8.90. The van der Waals surface area contributed by atoms with Gasteiger partial charge >= 0.3 is 0 Å². The molecule has 0 bridgehead atoms. The van der Waals surface area contributed by atoms with E-state index < -0.39 is 0 Å². The average molecular weight is 221 g/mol. The fourth-order valence-electron chi connectivity index (χ4n) is 3.06. The number of fused-ring (bicyclic) bond motifs is 1. The van der Waals surface area contributed by atoms with Gasteiger partial charge < -0.3 is 0 Å². The predicted molar refractivity (Wildman–Crippen MR) is 65.0 cm³/mol. The van der Waals surface area contributed by atoms with Crippen LogP contribution in [-0.4, -0.2) is 48.1 Å². The van der Waals surface area contributed by atoms with Crippen LogP contribution in [-0.2, 0) is 0 Å². The number of nitriles is 1. The van der Waals surface area contributed by atoms with E-state index in [4.69, 9.17) is 5.26 Å². The first-order chi connectivity index (χ1) is 7.70. The number of piperazine rings is 1. The fraction of sp³-hybridized carbons (Fsp3) is 0.923. The first-order valence-electron chi connectivity index (χ1n) is 6.58. The summed E-state index contributed by atoms with van der Waals surface area (Å²) in [5.74, 6) is 0.164. The van der Waals surface area contributed by atoms with Gasteiger partial charge in [-0.05, 0) is 33.2 Å². The molecule has 0 saturated carbocycles. The Kier molecular flexibility index (Phi) is 3.83.